The predicted molar refractivity (Wildman–Crippen MR) is 124 cm³/mol. The molecule has 0 spiro atoms. The van der Waals surface area contributed by atoms with Crippen molar-refractivity contribution in [3.05, 3.63) is 54.4 Å². The molecule has 1 aliphatic heterocycles. The first kappa shape index (κ1) is 23.9. The molecular weight excluding hydrogens is 460 g/mol. The van der Waals surface area contributed by atoms with E-state index in [2.05, 4.69) is 15.5 Å². The van der Waals surface area contributed by atoms with Gasteiger partial charge in [-0.15, -0.1) is 0 Å². The highest BCUT2D eigenvalue weighted by atomic mass is 32.2. The summed E-state index contributed by atoms with van der Waals surface area (Å²) in [5.74, 6) is 1.50. The van der Waals surface area contributed by atoms with Crippen LogP contribution in [0.5, 0.6) is 5.75 Å². The minimum atomic E-state index is -3.56. The predicted octanol–water partition coefficient (Wildman–Crippen LogP) is 2.73. The molecule has 0 radical (unpaired) electrons. The van der Waals surface area contributed by atoms with Crippen molar-refractivity contribution in [3.8, 4) is 17.1 Å². The molecule has 4 rings (SSSR count). The Morgan fingerprint density at radius 2 is 1.79 bits per heavy atom. The fraction of sp³-hybridized carbons (Fsp3) is 0.348. The first-order chi connectivity index (χ1) is 16.5. The summed E-state index contributed by atoms with van der Waals surface area (Å²) in [5, 5.41) is 6.76. The van der Waals surface area contributed by atoms with Crippen LogP contribution in [0.3, 0.4) is 0 Å². The Labute approximate surface area is 197 Å². The molecule has 11 heteroatoms. The van der Waals surface area contributed by atoms with Gasteiger partial charge in [0, 0.05) is 37.2 Å². The van der Waals surface area contributed by atoms with Crippen LogP contribution in [0.2, 0.25) is 0 Å². The fourth-order valence-electron chi connectivity index (χ4n) is 3.48. The molecule has 10 nitrogen and oxygen atoms in total. The van der Waals surface area contributed by atoms with Crippen molar-refractivity contribution in [2.45, 2.75) is 24.2 Å². The Hall–Kier alpha value is -3.28. The third kappa shape index (κ3) is 5.79. The molecular formula is C23H26N4O6S. The van der Waals surface area contributed by atoms with E-state index < -0.39 is 10.0 Å². The lowest BCUT2D eigenvalue weighted by Gasteiger charge is -2.26. The second kappa shape index (κ2) is 10.8. The standard InChI is InChI=1S/C23H26N4O6S/c1-31-19-9-5-17(6-10-19)23-25-22(33-26-23)4-2-3-21(28)24-18-7-11-20(12-8-18)34(29,30)27-13-15-32-16-14-27/h5-12H,2-4,13-16H2,1H3,(H,24,28). The van der Waals surface area contributed by atoms with Crippen molar-refractivity contribution in [1.29, 1.82) is 0 Å². The molecule has 0 bridgehead atoms. The van der Waals surface area contributed by atoms with Gasteiger partial charge in [0.15, 0.2) is 0 Å². The van der Waals surface area contributed by atoms with E-state index in [1.165, 1.54) is 16.4 Å². The van der Waals surface area contributed by atoms with E-state index in [0.717, 1.165) is 11.3 Å². The normalized spacial score (nSPS) is 14.6. The van der Waals surface area contributed by atoms with Gasteiger partial charge in [-0.1, -0.05) is 5.16 Å². The van der Waals surface area contributed by atoms with Crippen molar-refractivity contribution in [3.63, 3.8) is 0 Å². The molecule has 1 aliphatic rings. The molecule has 0 unspecified atom stereocenters. The van der Waals surface area contributed by atoms with Crippen molar-refractivity contribution in [2.75, 3.05) is 38.7 Å². The lowest BCUT2D eigenvalue weighted by molar-refractivity contribution is -0.116. The second-order valence-corrected chi connectivity index (χ2v) is 9.62. The number of methoxy groups -OCH3 is 1. The van der Waals surface area contributed by atoms with E-state index in [1.54, 1.807) is 19.2 Å². The highest BCUT2D eigenvalue weighted by Crippen LogP contribution is 2.21. The van der Waals surface area contributed by atoms with Crippen LogP contribution in [-0.4, -0.2) is 62.2 Å². The summed E-state index contributed by atoms with van der Waals surface area (Å²) in [7, 11) is -1.96. The van der Waals surface area contributed by atoms with Gasteiger partial charge in [-0.3, -0.25) is 4.79 Å². The number of carbonyl (C=O) groups is 1. The average Bonchev–Trinajstić information content (AvgIpc) is 3.34. The third-order valence-corrected chi connectivity index (χ3v) is 7.27. The van der Waals surface area contributed by atoms with E-state index in [4.69, 9.17) is 14.0 Å². The number of hydrogen-bond donors (Lipinski definition) is 1. The summed E-state index contributed by atoms with van der Waals surface area (Å²) in [5.41, 5.74) is 1.35. The number of aromatic nitrogens is 2. The minimum Gasteiger partial charge on any atom is -0.497 e. The van der Waals surface area contributed by atoms with E-state index >= 15 is 0 Å². The number of amides is 1. The quantitative estimate of drug-likeness (QED) is 0.490. The van der Waals surface area contributed by atoms with Crippen molar-refractivity contribution in [1.82, 2.24) is 14.4 Å². The fourth-order valence-corrected chi connectivity index (χ4v) is 4.89. The maximum absolute atomic E-state index is 12.7. The zero-order valence-corrected chi connectivity index (χ0v) is 19.6. The maximum atomic E-state index is 12.7. The van der Waals surface area contributed by atoms with Gasteiger partial charge in [0.05, 0.1) is 25.2 Å². The molecule has 1 aromatic heterocycles. The van der Waals surface area contributed by atoms with Crippen molar-refractivity contribution in [2.24, 2.45) is 0 Å². The number of aryl methyl sites for hydroxylation is 1. The van der Waals surface area contributed by atoms with E-state index in [-0.39, 0.29) is 17.2 Å². The van der Waals surface area contributed by atoms with Crippen LogP contribution in [0.1, 0.15) is 18.7 Å². The van der Waals surface area contributed by atoms with Gasteiger partial charge >= 0.3 is 0 Å². The van der Waals surface area contributed by atoms with Crippen molar-refractivity contribution < 1.29 is 27.2 Å². The largest absolute Gasteiger partial charge is 0.497 e. The van der Waals surface area contributed by atoms with Crippen LogP contribution in [0.15, 0.2) is 57.9 Å². The topological polar surface area (TPSA) is 124 Å². The summed E-state index contributed by atoms with van der Waals surface area (Å²) in [6.07, 6.45) is 1.25. The summed E-state index contributed by atoms with van der Waals surface area (Å²) < 4.78 is 42.4. The molecule has 2 aromatic carbocycles. The summed E-state index contributed by atoms with van der Waals surface area (Å²) >= 11 is 0. The maximum Gasteiger partial charge on any atom is 0.243 e. The Bertz CT molecular complexity index is 1200. The Kier molecular flexibility index (Phi) is 7.56. The van der Waals surface area contributed by atoms with Gasteiger partial charge in [-0.05, 0) is 55.0 Å². The summed E-state index contributed by atoms with van der Waals surface area (Å²) in [6, 6.07) is 13.5. The van der Waals surface area contributed by atoms with Gasteiger partial charge in [-0.2, -0.15) is 9.29 Å². The second-order valence-electron chi connectivity index (χ2n) is 7.68. The molecule has 3 aromatic rings. The van der Waals surface area contributed by atoms with Gasteiger partial charge in [0.2, 0.25) is 27.6 Å². The Morgan fingerprint density at radius 1 is 1.09 bits per heavy atom. The van der Waals surface area contributed by atoms with Gasteiger partial charge in [-0.25, -0.2) is 8.42 Å². The number of benzene rings is 2. The third-order valence-electron chi connectivity index (χ3n) is 5.36. The average molecular weight is 487 g/mol. The molecule has 0 aliphatic carbocycles. The molecule has 1 amide bonds. The van der Waals surface area contributed by atoms with E-state index in [1.807, 2.05) is 24.3 Å². The molecule has 1 saturated heterocycles. The lowest BCUT2D eigenvalue weighted by atomic mass is 10.2. The number of carbonyl (C=O) groups excluding carboxylic acids is 1. The number of nitrogens with zero attached hydrogens (tertiary/aromatic N) is 3. The smallest absolute Gasteiger partial charge is 0.243 e. The van der Waals surface area contributed by atoms with Gasteiger partial charge in [0.1, 0.15) is 5.75 Å². The SMILES string of the molecule is COc1ccc(-c2noc(CCCC(=O)Nc3ccc(S(=O)(=O)N4CCOCC4)cc3)n2)cc1. The molecule has 180 valence electrons. The highest BCUT2D eigenvalue weighted by Gasteiger charge is 2.26. The Morgan fingerprint density at radius 3 is 2.47 bits per heavy atom. The van der Waals surface area contributed by atoms with Gasteiger partial charge in [0.25, 0.3) is 0 Å². The van der Waals surface area contributed by atoms with Crippen molar-refractivity contribution >= 4 is 21.6 Å². The number of anilines is 1. The van der Waals surface area contributed by atoms with Gasteiger partial charge < -0.3 is 19.3 Å². The summed E-state index contributed by atoms with van der Waals surface area (Å²) in [6.45, 7) is 1.45. The lowest BCUT2D eigenvalue weighted by Crippen LogP contribution is -2.40. The number of morpholine rings is 1. The van der Waals surface area contributed by atoms with E-state index in [9.17, 15) is 13.2 Å². The molecule has 0 saturated carbocycles. The van der Waals surface area contributed by atoms with Crippen LogP contribution in [0, 0.1) is 0 Å². The zero-order valence-electron chi connectivity index (χ0n) is 18.8. The number of ether oxygens (including phenoxy) is 2. The molecule has 1 fully saturated rings. The number of rotatable bonds is 9. The minimum absolute atomic E-state index is 0.182. The Balaban J connectivity index is 1.25. The molecule has 1 N–H and O–H groups in total. The highest BCUT2D eigenvalue weighted by molar-refractivity contribution is 7.89. The monoisotopic (exact) mass is 486 g/mol. The van der Waals surface area contributed by atoms with Crippen LogP contribution in [0.4, 0.5) is 5.69 Å². The number of hydrogen-bond acceptors (Lipinski definition) is 8. The molecule has 2 heterocycles. The van der Waals surface area contributed by atoms with Crippen LogP contribution in [-0.2, 0) is 26.0 Å². The molecule has 34 heavy (non-hydrogen) atoms. The molecule has 0 atom stereocenters. The van der Waals surface area contributed by atoms with Crippen LogP contribution in [0.25, 0.3) is 11.4 Å². The first-order valence-corrected chi connectivity index (χ1v) is 12.3. The van der Waals surface area contributed by atoms with Crippen LogP contribution >= 0.6 is 0 Å². The number of nitrogens with one attached hydrogen (secondary N) is 1. The zero-order chi connectivity index (χ0) is 24.0. The number of sulfonamides is 1. The first-order valence-electron chi connectivity index (χ1n) is 10.9. The van der Waals surface area contributed by atoms with Crippen LogP contribution < -0.4 is 10.1 Å². The summed E-state index contributed by atoms with van der Waals surface area (Å²) in [4.78, 5) is 16.8. The van der Waals surface area contributed by atoms with E-state index in [0.29, 0.717) is 56.5 Å².